The lowest BCUT2D eigenvalue weighted by Crippen LogP contribution is -2.32. The molecule has 0 atom stereocenters. The monoisotopic (exact) mass is 429 g/mol. The zero-order valence-corrected chi connectivity index (χ0v) is 17.9. The van der Waals surface area contributed by atoms with Crippen molar-refractivity contribution in [2.45, 2.75) is 31.6 Å². The zero-order valence-electron chi connectivity index (χ0n) is 16.3. The third-order valence-electron chi connectivity index (χ3n) is 4.70. The number of rotatable bonds is 7. The van der Waals surface area contributed by atoms with E-state index in [1.165, 1.54) is 4.31 Å². The Bertz CT molecular complexity index is 1200. The fourth-order valence-electron chi connectivity index (χ4n) is 3.15. The number of H-pyrrole nitrogens is 2. The maximum absolute atomic E-state index is 13.3. The van der Waals surface area contributed by atoms with Gasteiger partial charge in [0.25, 0.3) is 15.6 Å². The number of nitrogens with one attached hydrogen (secondary N) is 2. The van der Waals surface area contributed by atoms with Crippen molar-refractivity contribution < 1.29 is 8.42 Å². The van der Waals surface area contributed by atoms with Crippen LogP contribution in [-0.4, -0.2) is 24.9 Å². The van der Waals surface area contributed by atoms with Gasteiger partial charge in [0.05, 0.1) is 10.6 Å². The molecule has 152 valence electrons. The first-order chi connectivity index (χ1) is 13.8. The van der Waals surface area contributed by atoms with E-state index in [1.54, 1.807) is 55.5 Å². The van der Waals surface area contributed by atoms with Gasteiger partial charge in [-0.25, -0.2) is 8.42 Å². The number of aromatic nitrogens is 2. The number of sulfonamides is 1. The average Bonchev–Trinajstić information content (AvgIpc) is 2.67. The molecule has 3 aromatic rings. The minimum Gasteiger partial charge on any atom is -0.336 e. The molecular formula is C21H23N3O3S2. The highest BCUT2D eigenvalue weighted by atomic mass is 32.2. The van der Waals surface area contributed by atoms with Gasteiger partial charge in [-0.15, -0.1) is 0 Å². The summed E-state index contributed by atoms with van der Waals surface area (Å²) >= 11 is 4.98. The fraction of sp³-hybridized carbons (Fsp3) is 0.238. The average molecular weight is 430 g/mol. The van der Waals surface area contributed by atoms with Gasteiger partial charge in [0.2, 0.25) is 0 Å². The highest BCUT2D eigenvalue weighted by Crippen LogP contribution is 2.24. The van der Waals surface area contributed by atoms with Gasteiger partial charge in [0.1, 0.15) is 0 Å². The van der Waals surface area contributed by atoms with Crippen LogP contribution in [0.4, 0.5) is 5.69 Å². The molecule has 6 nitrogen and oxygen atoms in total. The summed E-state index contributed by atoms with van der Waals surface area (Å²) in [5.74, 6) is 0. The van der Waals surface area contributed by atoms with Crippen molar-refractivity contribution in [1.29, 1.82) is 0 Å². The van der Waals surface area contributed by atoms with E-state index < -0.39 is 10.0 Å². The van der Waals surface area contributed by atoms with E-state index >= 15 is 0 Å². The van der Waals surface area contributed by atoms with Crippen LogP contribution in [0.1, 0.15) is 23.2 Å². The van der Waals surface area contributed by atoms with E-state index in [4.69, 9.17) is 12.2 Å². The minimum atomic E-state index is -3.73. The third kappa shape index (κ3) is 4.83. The maximum Gasteiger partial charge on any atom is 0.264 e. The molecular weight excluding hydrogens is 406 g/mol. The summed E-state index contributed by atoms with van der Waals surface area (Å²) in [5.41, 5.74) is 2.63. The van der Waals surface area contributed by atoms with Crippen molar-refractivity contribution in [2.75, 3.05) is 10.8 Å². The summed E-state index contributed by atoms with van der Waals surface area (Å²) in [5, 5.41) is 0. The molecule has 0 aliphatic heterocycles. The number of aryl methyl sites for hydroxylation is 2. The molecule has 0 spiro atoms. The lowest BCUT2D eigenvalue weighted by molar-refractivity contribution is 0.589. The summed E-state index contributed by atoms with van der Waals surface area (Å²) in [6.07, 6.45) is 0.911. The molecule has 0 saturated heterocycles. The number of para-hydroxylation sites is 1. The molecule has 0 saturated carbocycles. The SMILES string of the molecule is Cc1ccc(S(=O)(=O)N(CCCc2c(C)[nH]c(=S)[nH]c2=O)c2ccccc2)cc1. The van der Waals surface area contributed by atoms with Crippen molar-refractivity contribution in [1.82, 2.24) is 9.97 Å². The molecule has 8 heteroatoms. The van der Waals surface area contributed by atoms with E-state index in [1.807, 2.05) is 13.0 Å². The Hall–Kier alpha value is -2.71. The quantitative estimate of drug-likeness (QED) is 0.558. The molecule has 2 aromatic carbocycles. The number of aromatic amines is 2. The molecule has 0 aliphatic carbocycles. The van der Waals surface area contributed by atoms with Gasteiger partial charge in [-0.05, 0) is 63.2 Å². The van der Waals surface area contributed by atoms with Crippen molar-refractivity contribution in [2.24, 2.45) is 0 Å². The lowest BCUT2D eigenvalue weighted by Gasteiger charge is -2.24. The third-order valence-corrected chi connectivity index (χ3v) is 6.74. The highest BCUT2D eigenvalue weighted by Gasteiger charge is 2.24. The zero-order chi connectivity index (χ0) is 21.0. The molecule has 0 fully saturated rings. The van der Waals surface area contributed by atoms with Crippen LogP contribution in [-0.2, 0) is 16.4 Å². The van der Waals surface area contributed by atoms with Crippen LogP contribution >= 0.6 is 12.2 Å². The van der Waals surface area contributed by atoms with E-state index in [0.29, 0.717) is 29.8 Å². The number of anilines is 1. The highest BCUT2D eigenvalue weighted by molar-refractivity contribution is 7.92. The Labute approximate surface area is 175 Å². The second-order valence-electron chi connectivity index (χ2n) is 6.84. The van der Waals surface area contributed by atoms with Gasteiger partial charge in [-0.1, -0.05) is 35.9 Å². The van der Waals surface area contributed by atoms with Crippen molar-refractivity contribution in [3.8, 4) is 0 Å². The number of benzene rings is 2. The van der Waals surface area contributed by atoms with Crippen molar-refractivity contribution in [3.05, 3.63) is 86.5 Å². The van der Waals surface area contributed by atoms with Gasteiger partial charge >= 0.3 is 0 Å². The van der Waals surface area contributed by atoms with Gasteiger partial charge in [-0.3, -0.25) is 14.1 Å². The van der Waals surface area contributed by atoms with Gasteiger partial charge in [0.15, 0.2) is 4.77 Å². The molecule has 0 unspecified atom stereocenters. The number of hydrogen-bond acceptors (Lipinski definition) is 4. The summed E-state index contributed by atoms with van der Waals surface area (Å²) in [4.78, 5) is 17.9. The summed E-state index contributed by atoms with van der Waals surface area (Å²) in [6, 6.07) is 15.8. The van der Waals surface area contributed by atoms with Gasteiger partial charge in [-0.2, -0.15) is 0 Å². The first-order valence-electron chi connectivity index (χ1n) is 9.25. The second kappa shape index (κ2) is 8.75. The summed E-state index contributed by atoms with van der Waals surface area (Å²) in [7, 11) is -3.73. The van der Waals surface area contributed by atoms with Crippen molar-refractivity contribution in [3.63, 3.8) is 0 Å². The second-order valence-corrected chi connectivity index (χ2v) is 9.11. The Morgan fingerprint density at radius 3 is 2.24 bits per heavy atom. The fourth-order valence-corrected chi connectivity index (χ4v) is 4.90. The molecule has 3 rings (SSSR count). The predicted molar refractivity (Wildman–Crippen MR) is 117 cm³/mol. The van der Waals surface area contributed by atoms with Crippen LogP contribution in [0.3, 0.4) is 0 Å². The van der Waals surface area contributed by atoms with E-state index in [2.05, 4.69) is 9.97 Å². The largest absolute Gasteiger partial charge is 0.336 e. The number of nitrogens with zero attached hydrogens (tertiary/aromatic N) is 1. The van der Waals surface area contributed by atoms with Crippen LogP contribution in [0.5, 0.6) is 0 Å². The van der Waals surface area contributed by atoms with E-state index in [0.717, 1.165) is 5.56 Å². The molecule has 1 aromatic heterocycles. The van der Waals surface area contributed by atoms with Crippen LogP contribution in [0, 0.1) is 18.6 Å². The summed E-state index contributed by atoms with van der Waals surface area (Å²) < 4.78 is 28.3. The van der Waals surface area contributed by atoms with Crippen LogP contribution in [0.2, 0.25) is 0 Å². The molecule has 2 N–H and O–H groups in total. The first kappa shape index (κ1) is 21.0. The molecule has 29 heavy (non-hydrogen) atoms. The Kier molecular flexibility index (Phi) is 6.34. The molecule has 1 heterocycles. The minimum absolute atomic E-state index is 0.237. The Morgan fingerprint density at radius 2 is 1.62 bits per heavy atom. The predicted octanol–water partition coefficient (Wildman–Crippen LogP) is 3.88. The van der Waals surface area contributed by atoms with Gasteiger partial charge in [0, 0.05) is 17.8 Å². The van der Waals surface area contributed by atoms with Gasteiger partial charge < -0.3 is 4.98 Å². The molecule has 0 radical (unpaired) electrons. The first-order valence-corrected chi connectivity index (χ1v) is 11.1. The van der Waals surface area contributed by atoms with Crippen LogP contribution in [0.25, 0.3) is 0 Å². The normalized spacial score (nSPS) is 11.4. The lowest BCUT2D eigenvalue weighted by atomic mass is 10.1. The summed E-state index contributed by atoms with van der Waals surface area (Å²) in [6.45, 7) is 3.95. The van der Waals surface area contributed by atoms with Crippen molar-refractivity contribution >= 4 is 27.9 Å². The molecule has 0 bridgehead atoms. The van der Waals surface area contributed by atoms with E-state index in [-0.39, 0.29) is 21.8 Å². The Morgan fingerprint density at radius 1 is 0.966 bits per heavy atom. The molecule has 0 aliphatic rings. The van der Waals surface area contributed by atoms with Crippen LogP contribution in [0.15, 0.2) is 64.3 Å². The standard InChI is InChI=1S/C21H23N3O3S2/c1-15-10-12-18(13-11-15)29(26,27)24(17-7-4-3-5-8-17)14-6-9-19-16(2)22-21(28)23-20(19)25/h3-5,7-8,10-13H,6,9,14H2,1-2H3,(H2,22,23,25,28). The van der Waals surface area contributed by atoms with E-state index in [9.17, 15) is 13.2 Å². The molecule has 0 amide bonds. The topological polar surface area (TPSA) is 86.0 Å². The number of hydrogen-bond donors (Lipinski definition) is 2. The smallest absolute Gasteiger partial charge is 0.264 e. The van der Waals surface area contributed by atoms with Crippen LogP contribution < -0.4 is 9.86 Å². The maximum atomic E-state index is 13.3. The Balaban J connectivity index is 1.89.